The Morgan fingerprint density at radius 1 is 1.55 bits per heavy atom. The smallest absolute Gasteiger partial charge is 0.289 e. The lowest BCUT2D eigenvalue weighted by Gasteiger charge is -2.22. The van der Waals surface area contributed by atoms with E-state index in [-0.39, 0.29) is 11.8 Å². The number of furan rings is 1. The van der Waals surface area contributed by atoms with Gasteiger partial charge in [0, 0.05) is 38.5 Å². The Hall–Kier alpha value is -2.08. The van der Waals surface area contributed by atoms with E-state index in [9.17, 15) is 4.79 Å². The first-order valence-electron chi connectivity index (χ1n) is 6.59. The van der Waals surface area contributed by atoms with Gasteiger partial charge in [0.15, 0.2) is 5.76 Å². The highest BCUT2D eigenvalue weighted by molar-refractivity contribution is 5.91. The van der Waals surface area contributed by atoms with Gasteiger partial charge in [-0.1, -0.05) is 0 Å². The number of rotatable bonds is 3. The summed E-state index contributed by atoms with van der Waals surface area (Å²) >= 11 is 0. The lowest BCUT2D eigenvalue weighted by atomic mass is 10.1. The number of nitrogens with zero attached hydrogens (tertiary/aromatic N) is 3. The number of carbonyl (C=O) groups is 1. The first-order chi connectivity index (χ1) is 9.78. The van der Waals surface area contributed by atoms with E-state index in [0.717, 1.165) is 12.4 Å². The fraction of sp³-hybridized carbons (Fsp3) is 0.429. The van der Waals surface area contributed by atoms with Crippen LogP contribution in [0, 0.1) is 5.92 Å². The number of imidazole rings is 1. The van der Waals surface area contributed by atoms with Crippen LogP contribution in [0.15, 0.2) is 35.2 Å². The highest BCUT2D eigenvalue weighted by Gasteiger charge is 2.27. The normalized spacial score (nSPS) is 18.6. The third kappa shape index (κ3) is 2.46. The van der Waals surface area contributed by atoms with Crippen LogP contribution in [-0.4, -0.2) is 40.6 Å². The highest BCUT2D eigenvalue weighted by Crippen LogP contribution is 2.18. The Labute approximate surface area is 117 Å². The van der Waals surface area contributed by atoms with Crippen molar-refractivity contribution in [2.24, 2.45) is 5.92 Å². The minimum absolute atomic E-state index is 0.104. The fourth-order valence-electron chi connectivity index (χ4n) is 2.59. The van der Waals surface area contributed by atoms with E-state index >= 15 is 0 Å². The Morgan fingerprint density at radius 2 is 2.45 bits per heavy atom. The molecule has 1 aliphatic heterocycles. The van der Waals surface area contributed by atoms with Gasteiger partial charge in [0.05, 0.1) is 19.4 Å². The van der Waals surface area contributed by atoms with Crippen molar-refractivity contribution in [3.05, 3.63) is 42.4 Å². The van der Waals surface area contributed by atoms with E-state index in [1.165, 1.54) is 6.26 Å². The molecule has 20 heavy (non-hydrogen) atoms. The van der Waals surface area contributed by atoms with Crippen molar-refractivity contribution in [1.82, 2.24) is 14.5 Å². The minimum atomic E-state index is -0.104. The van der Waals surface area contributed by atoms with Gasteiger partial charge in [0.25, 0.3) is 5.91 Å². The molecule has 2 aromatic rings. The first kappa shape index (κ1) is 12.9. The third-order valence-corrected chi connectivity index (χ3v) is 3.49. The van der Waals surface area contributed by atoms with Gasteiger partial charge < -0.3 is 18.6 Å². The van der Waals surface area contributed by atoms with Gasteiger partial charge >= 0.3 is 0 Å². The molecule has 0 saturated carbocycles. The van der Waals surface area contributed by atoms with Crippen LogP contribution < -0.4 is 0 Å². The van der Waals surface area contributed by atoms with Gasteiger partial charge in [-0.25, -0.2) is 4.98 Å². The number of carbonyl (C=O) groups excluding carboxylic acids is 1. The molecule has 0 bridgehead atoms. The van der Waals surface area contributed by atoms with Crippen LogP contribution >= 0.6 is 0 Å². The van der Waals surface area contributed by atoms with E-state index in [2.05, 4.69) is 9.55 Å². The number of amides is 1. The molecule has 106 valence electrons. The number of fused-ring (bicyclic) bond motifs is 1. The average molecular weight is 275 g/mol. The molecule has 0 N–H and O–H groups in total. The van der Waals surface area contributed by atoms with Crippen LogP contribution in [0.5, 0.6) is 0 Å². The van der Waals surface area contributed by atoms with Gasteiger partial charge in [0.1, 0.15) is 5.82 Å². The molecular weight excluding hydrogens is 258 g/mol. The number of methoxy groups -OCH3 is 1. The van der Waals surface area contributed by atoms with Crippen LogP contribution in [0.2, 0.25) is 0 Å². The lowest BCUT2D eigenvalue weighted by Crippen LogP contribution is -2.35. The topological polar surface area (TPSA) is 60.5 Å². The number of ether oxygens (including phenoxy) is 1. The summed E-state index contributed by atoms with van der Waals surface area (Å²) in [5, 5.41) is 0. The average Bonchev–Trinajstić information content (AvgIpc) is 3.07. The van der Waals surface area contributed by atoms with Crippen molar-refractivity contribution in [3.63, 3.8) is 0 Å². The molecule has 1 aliphatic rings. The lowest BCUT2D eigenvalue weighted by molar-refractivity contribution is 0.0636. The quantitative estimate of drug-likeness (QED) is 0.849. The van der Waals surface area contributed by atoms with Crippen LogP contribution in [-0.2, 0) is 17.8 Å². The summed E-state index contributed by atoms with van der Waals surface area (Å²) in [4.78, 5) is 18.5. The van der Waals surface area contributed by atoms with Crippen molar-refractivity contribution in [1.29, 1.82) is 0 Å². The molecule has 2 aromatic heterocycles. The maximum atomic E-state index is 12.4. The minimum Gasteiger partial charge on any atom is -0.459 e. The molecule has 3 rings (SSSR count). The molecule has 1 atom stereocenters. The zero-order valence-corrected chi connectivity index (χ0v) is 11.4. The van der Waals surface area contributed by atoms with E-state index in [1.54, 1.807) is 30.3 Å². The van der Waals surface area contributed by atoms with Crippen LogP contribution in [0.3, 0.4) is 0 Å². The summed E-state index contributed by atoms with van der Waals surface area (Å²) in [6, 6.07) is 3.41. The summed E-state index contributed by atoms with van der Waals surface area (Å²) in [6.07, 6.45) is 5.22. The molecule has 6 heteroatoms. The monoisotopic (exact) mass is 275 g/mol. The number of hydrogen-bond donors (Lipinski definition) is 0. The van der Waals surface area contributed by atoms with Crippen molar-refractivity contribution in [3.8, 4) is 0 Å². The second-order valence-electron chi connectivity index (χ2n) is 4.98. The van der Waals surface area contributed by atoms with Gasteiger partial charge in [-0.2, -0.15) is 0 Å². The van der Waals surface area contributed by atoms with Gasteiger partial charge in [-0.05, 0) is 12.1 Å². The summed E-state index contributed by atoms with van der Waals surface area (Å²) in [5.74, 6) is 1.39. The zero-order valence-electron chi connectivity index (χ0n) is 11.4. The predicted molar refractivity (Wildman–Crippen MR) is 71.0 cm³/mol. The van der Waals surface area contributed by atoms with Gasteiger partial charge in [-0.3, -0.25) is 4.79 Å². The molecular formula is C14H17N3O3. The number of aromatic nitrogens is 2. The molecule has 0 fully saturated rings. The Balaban J connectivity index is 1.85. The van der Waals surface area contributed by atoms with Crippen molar-refractivity contribution in [2.75, 3.05) is 20.3 Å². The summed E-state index contributed by atoms with van der Waals surface area (Å²) in [7, 11) is 1.68. The van der Waals surface area contributed by atoms with Crippen LogP contribution in [0.1, 0.15) is 16.4 Å². The van der Waals surface area contributed by atoms with E-state index in [4.69, 9.17) is 9.15 Å². The molecule has 0 aromatic carbocycles. The summed E-state index contributed by atoms with van der Waals surface area (Å²) in [5.41, 5.74) is 0. The molecule has 0 spiro atoms. The van der Waals surface area contributed by atoms with Gasteiger partial charge in [0.2, 0.25) is 0 Å². The molecule has 0 aliphatic carbocycles. The Kier molecular flexibility index (Phi) is 3.56. The molecule has 6 nitrogen and oxygen atoms in total. The second kappa shape index (κ2) is 5.50. The fourth-order valence-corrected chi connectivity index (χ4v) is 2.59. The molecule has 0 unspecified atom stereocenters. The molecule has 0 saturated heterocycles. The maximum absolute atomic E-state index is 12.4. The van der Waals surface area contributed by atoms with E-state index < -0.39 is 0 Å². The third-order valence-electron chi connectivity index (χ3n) is 3.49. The van der Waals surface area contributed by atoms with Crippen molar-refractivity contribution < 1.29 is 13.9 Å². The predicted octanol–water partition coefficient (Wildman–Crippen LogP) is 1.39. The van der Waals surface area contributed by atoms with Crippen LogP contribution in [0.4, 0.5) is 0 Å². The Bertz CT molecular complexity index is 576. The van der Waals surface area contributed by atoms with Crippen LogP contribution in [0.25, 0.3) is 0 Å². The van der Waals surface area contributed by atoms with Gasteiger partial charge in [-0.15, -0.1) is 0 Å². The zero-order chi connectivity index (χ0) is 13.9. The standard InChI is InChI=1S/C14H17N3O3/c1-19-10-11-7-16-5-4-15-13(16)9-17(8-11)14(18)12-3-2-6-20-12/h2-6,11H,7-10H2,1H3/t11-/m0/s1. The summed E-state index contributed by atoms with van der Waals surface area (Å²) in [6.45, 7) is 2.55. The van der Waals surface area contributed by atoms with Crippen molar-refractivity contribution >= 4 is 5.91 Å². The molecule has 0 radical (unpaired) electrons. The SMILES string of the molecule is COC[C@@H]1CN(C(=O)c2ccco2)Cc2nccn2C1. The number of hydrogen-bond acceptors (Lipinski definition) is 4. The molecule has 3 heterocycles. The summed E-state index contributed by atoms with van der Waals surface area (Å²) < 4.78 is 12.5. The first-order valence-corrected chi connectivity index (χ1v) is 6.59. The second-order valence-corrected chi connectivity index (χ2v) is 4.98. The Morgan fingerprint density at radius 3 is 3.20 bits per heavy atom. The van der Waals surface area contributed by atoms with E-state index in [0.29, 0.717) is 25.5 Å². The largest absolute Gasteiger partial charge is 0.459 e. The maximum Gasteiger partial charge on any atom is 0.289 e. The van der Waals surface area contributed by atoms with Crippen molar-refractivity contribution in [2.45, 2.75) is 13.1 Å². The van der Waals surface area contributed by atoms with E-state index in [1.807, 2.05) is 6.20 Å². The molecule has 1 amide bonds. The highest BCUT2D eigenvalue weighted by atomic mass is 16.5.